The van der Waals surface area contributed by atoms with E-state index >= 15 is 0 Å². The van der Waals surface area contributed by atoms with Crippen LogP contribution >= 0.6 is 27.3 Å². The Labute approximate surface area is 262 Å². The SMILES string of the molecule is CC(C)[C@H](NC(=O)[C@H](CC(N)=O)NC(=O)N[C@H](C)c1ccc(Br)cc1)C(=O)N[C@@H](CCCN=C(N)N)C(=O)c1nccs1. The minimum absolute atomic E-state index is 0.0926. The van der Waals surface area contributed by atoms with Crippen molar-refractivity contribution in [3.8, 4) is 0 Å². The van der Waals surface area contributed by atoms with Gasteiger partial charge in [0.25, 0.3) is 0 Å². The van der Waals surface area contributed by atoms with Crippen LogP contribution in [0.5, 0.6) is 0 Å². The summed E-state index contributed by atoms with van der Waals surface area (Å²) in [5.74, 6) is -3.18. The molecule has 2 rings (SSSR count). The molecule has 234 valence electrons. The predicted octanol–water partition coefficient (Wildman–Crippen LogP) is 1.07. The second-order valence-electron chi connectivity index (χ2n) is 10.1. The number of hydrogen-bond donors (Lipinski definition) is 7. The number of amides is 5. The number of aliphatic imine (C=N–C) groups is 1. The Kier molecular flexibility index (Phi) is 14.0. The van der Waals surface area contributed by atoms with Gasteiger partial charge in [0.05, 0.1) is 18.5 Å². The van der Waals surface area contributed by atoms with E-state index in [0.29, 0.717) is 6.42 Å². The summed E-state index contributed by atoms with van der Waals surface area (Å²) in [6.07, 6.45) is 1.57. The Morgan fingerprint density at radius 1 is 0.930 bits per heavy atom. The van der Waals surface area contributed by atoms with Crippen LogP contribution in [0, 0.1) is 5.92 Å². The van der Waals surface area contributed by atoms with Gasteiger partial charge in [0.15, 0.2) is 11.0 Å². The van der Waals surface area contributed by atoms with Gasteiger partial charge in [-0.1, -0.05) is 41.9 Å². The van der Waals surface area contributed by atoms with Crippen molar-refractivity contribution in [3.63, 3.8) is 0 Å². The zero-order chi connectivity index (χ0) is 32.1. The van der Waals surface area contributed by atoms with Gasteiger partial charge >= 0.3 is 6.03 Å². The van der Waals surface area contributed by atoms with Crippen LogP contribution in [0.3, 0.4) is 0 Å². The molecule has 0 radical (unpaired) electrons. The zero-order valence-electron chi connectivity index (χ0n) is 24.1. The van der Waals surface area contributed by atoms with Gasteiger partial charge in [-0.05, 0) is 43.4 Å². The molecule has 1 aromatic heterocycles. The number of nitrogens with two attached hydrogens (primary N) is 3. The Morgan fingerprint density at radius 3 is 2.16 bits per heavy atom. The molecule has 0 fully saturated rings. The first-order valence-corrected chi connectivity index (χ1v) is 15.2. The lowest BCUT2D eigenvalue weighted by atomic mass is 10.0. The lowest BCUT2D eigenvalue weighted by Gasteiger charge is -2.27. The van der Waals surface area contributed by atoms with Gasteiger partial charge in [0.2, 0.25) is 23.5 Å². The second-order valence-corrected chi connectivity index (χ2v) is 11.9. The normalized spacial score (nSPS) is 13.6. The maximum absolute atomic E-state index is 13.4. The molecule has 0 bridgehead atoms. The van der Waals surface area contributed by atoms with E-state index in [2.05, 4.69) is 47.2 Å². The van der Waals surface area contributed by atoms with Crippen molar-refractivity contribution >= 4 is 62.8 Å². The summed E-state index contributed by atoms with van der Waals surface area (Å²) in [7, 11) is 0. The molecule has 2 aromatic rings. The fourth-order valence-corrected chi connectivity index (χ4v) is 4.85. The average molecular weight is 681 g/mol. The monoisotopic (exact) mass is 679 g/mol. The molecule has 5 amide bonds. The highest BCUT2D eigenvalue weighted by atomic mass is 79.9. The van der Waals surface area contributed by atoms with Gasteiger partial charge < -0.3 is 38.5 Å². The number of urea groups is 1. The lowest BCUT2D eigenvalue weighted by molar-refractivity contribution is -0.132. The summed E-state index contributed by atoms with van der Waals surface area (Å²) in [4.78, 5) is 72.1. The topological polar surface area (TPSA) is 237 Å². The van der Waals surface area contributed by atoms with E-state index in [4.69, 9.17) is 17.2 Å². The van der Waals surface area contributed by atoms with Gasteiger partial charge in [-0.2, -0.15) is 0 Å². The van der Waals surface area contributed by atoms with Crippen LogP contribution in [0.2, 0.25) is 0 Å². The summed E-state index contributed by atoms with van der Waals surface area (Å²) in [5, 5.41) is 12.3. The minimum atomic E-state index is -1.36. The fourth-order valence-electron chi connectivity index (χ4n) is 3.96. The molecular weight excluding hydrogens is 642 g/mol. The number of carbonyl (C=O) groups is 5. The highest BCUT2D eigenvalue weighted by Crippen LogP contribution is 2.17. The first-order chi connectivity index (χ1) is 20.3. The highest BCUT2D eigenvalue weighted by molar-refractivity contribution is 9.10. The molecule has 43 heavy (non-hydrogen) atoms. The van der Waals surface area contributed by atoms with Gasteiger partial charge in [-0.25, -0.2) is 9.78 Å². The van der Waals surface area contributed by atoms with E-state index in [1.54, 1.807) is 26.2 Å². The number of carbonyl (C=O) groups excluding carboxylic acids is 5. The first-order valence-electron chi connectivity index (χ1n) is 13.5. The Morgan fingerprint density at radius 2 is 1.60 bits per heavy atom. The number of hydrogen-bond acceptors (Lipinski definition) is 8. The number of guanidine groups is 1. The molecule has 4 atom stereocenters. The van der Waals surface area contributed by atoms with Crippen LogP contribution < -0.4 is 38.5 Å². The van der Waals surface area contributed by atoms with E-state index in [1.165, 1.54) is 6.20 Å². The molecular formula is C27H38BrN9O5S. The third kappa shape index (κ3) is 12.0. The van der Waals surface area contributed by atoms with Crippen molar-refractivity contribution in [2.75, 3.05) is 6.54 Å². The maximum Gasteiger partial charge on any atom is 0.315 e. The average Bonchev–Trinajstić information content (AvgIpc) is 3.47. The van der Waals surface area contributed by atoms with Crippen molar-refractivity contribution in [1.29, 1.82) is 0 Å². The summed E-state index contributed by atoms with van der Waals surface area (Å²) in [5.41, 5.74) is 16.9. The molecule has 1 aromatic carbocycles. The molecule has 0 unspecified atom stereocenters. The van der Waals surface area contributed by atoms with Gasteiger partial charge in [-0.15, -0.1) is 11.3 Å². The third-order valence-electron chi connectivity index (χ3n) is 6.21. The molecule has 1 heterocycles. The molecule has 16 heteroatoms. The van der Waals surface area contributed by atoms with Gasteiger partial charge in [0.1, 0.15) is 12.1 Å². The quantitative estimate of drug-likeness (QED) is 0.0585. The number of aromatic nitrogens is 1. The van der Waals surface area contributed by atoms with Crippen LogP contribution in [0.15, 0.2) is 45.3 Å². The van der Waals surface area contributed by atoms with E-state index < -0.39 is 66.0 Å². The summed E-state index contributed by atoms with van der Waals surface area (Å²) in [6, 6.07) is 2.72. The summed E-state index contributed by atoms with van der Waals surface area (Å²) in [6.45, 7) is 5.40. The van der Waals surface area contributed by atoms with E-state index in [1.807, 2.05) is 24.3 Å². The zero-order valence-corrected chi connectivity index (χ0v) is 26.5. The number of thiazole rings is 1. The minimum Gasteiger partial charge on any atom is -0.370 e. The number of halogens is 1. The molecule has 10 N–H and O–H groups in total. The second kappa shape index (κ2) is 17.2. The molecule has 14 nitrogen and oxygen atoms in total. The van der Waals surface area contributed by atoms with E-state index in [0.717, 1.165) is 21.4 Å². The van der Waals surface area contributed by atoms with Crippen molar-refractivity contribution in [2.45, 2.75) is 64.2 Å². The molecule has 0 aliphatic carbocycles. The van der Waals surface area contributed by atoms with Crippen LogP contribution in [0.25, 0.3) is 0 Å². The van der Waals surface area contributed by atoms with Crippen molar-refractivity contribution in [2.24, 2.45) is 28.1 Å². The van der Waals surface area contributed by atoms with Crippen LogP contribution in [-0.4, -0.2) is 65.1 Å². The lowest BCUT2D eigenvalue weighted by Crippen LogP contribution is -2.58. The number of rotatable bonds is 16. The van der Waals surface area contributed by atoms with Gasteiger partial charge in [-0.3, -0.25) is 24.2 Å². The van der Waals surface area contributed by atoms with E-state index in [9.17, 15) is 24.0 Å². The van der Waals surface area contributed by atoms with Crippen molar-refractivity contribution in [1.82, 2.24) is 26.3 Å². The number of nitrogens with zero attached hydrogens (tertiary/aromatic N) is 2. The summed E-state index contributed by atoms with van der Waals surface area (Å²) < 4.78 is 0.875. The van der Waals surface area contributed by atoms with Gasteiger partial charge in [0, 0.05) is 22.6 Å². The van der Waals surface area contributed by atoms with Crippen LogP contribution in [-0.2, 0) is 14.4 Å². The van der Waals surface area contributed by atoms with Crippen LogP contribution in [0.4, 0.5) is 4.79 Å². The number of nitrogens with one attached hydrogen (secondary N) is 4. The molecule has 0 saturated carbocycles. The highest BCUT2D eigenvalue weighted by Gasteiger charge is 2.32. The number of ketones is 1. The Balaban J connectivity index is 2.13. The van der Waals surface area contributed by atoms with Crippen LogP contribution in [0.1, 0.15) is 61.4 Å². The van der Waals surface area contributed by atoms with Crippen molar-refractivity contribution in [3.05, 3.63) is 50.9 Å². The third-order valence-corrected chi connectivity index (χ3v) is 7.53. The standard InChI is InChI=1S/C27H38BrN9O5S/c1-14(2)21(24(41)35-18(5-4-10-33-26(30)31)22(39)25-32-11-12-43-25)37-23(40)19(13-20(29)38)36-27(42)34-15(3)16-6-8-17(28)9-7-16/h6-9,11-12,14-15,18-19,21H,4-5,10,13H2,1-3H3,(H2,29,38)(H,35,41)(H,37,40)(H4,30,31,33)(H2,34,36,42)/t15-,18+,19+,21+/m1/s1. The maximum atomic E-state index is 13.4. The largest absolute Gasteiger partial charge is 0.370 e. The number of benzene rings is 1. The molecule has 0 spiro atoms. The first kappa shape index (κ1) is 35.1. The van der Waals surface area contributed by atoms with Crippen molar-refractivity contribution < 1.29 is 24.0 Å². The number of primary amides is 1. The summed E-state index contributed by atoms with van der Waals surface area (Å²) >= 11 is 4.49. The van der Waals surface area contributed by atoms with E-state index in [-0.39, 0.29) is 23.9 Å². The molecule has 0 saturated heterocycles. The predicted molar refractivity (Wildman–Crippen MR) is 167 cm³/mol. The molecule has 0 aliphatic rings. The Hall–Kier alpha value is -4.05. The number of Topliss-reactive ketones (excluding diaryl/α,β-unsaturated/α-hetero) is 1. The Bertz CT molecular complexity index is 1280. The smallest absolute Gasteiger partial charge is 0.315 e. The molecule has 0 aliphatic heterocycles. The fraction of sp³-hybridized carbons (Fsp3) is 0.444.